The van der Waals surface area contributed by atoms with E-state index in [1.807, 2.05) is 37.4 Å². The average Bonchev–Trinajstić information content (AvgIpc) is 3.31. The van der Waals surface area contributed by atoms with Crippen molar-refractivity contribution in [2.75, 3.05) is 5.32 Å². The lowest BCUT2D eigenvalue weighted by Crippen LogP contribution is -2.26. The Kier molecular flexibility index (Phi) is 5.23. The molecule has 3 aromatic heterocycles. The summed E-state index contributed by atoms with van der Waals surface area (Å²) in [6.07, 6.45) is 5.38. The zero-order chi connectivity index (χ0) is 19.7. The molecule has 28 heavy (non-hydrogen) atoms. The first-order valence-corrected chi connectivity index (χ1v) is 10.8. The third-order valence-corrected chi connectivity index (χ3v) is 6.71. The Hall–Kier alpha value is -2.58. The molecule has 1 aliphatic carbocycles. The zero-order valence-electron chi connectivity index (χ0n) is 15.6. The summed E-state index contributed by atoms with van der Waals surface area (Å²) < 4.78 is 0. The number of aryl methyl sites for hydroxylation is 1. The van der Waals surface area contributed by atoms with E-state index < -0.39 is 0 Å². The molecule has 2 N–H and O–H groups in total. The molecule has 0 bridgehead atoms. The second kappa shape index (κ2) is 7.81. The number of nitrogens with zero attached hydrogens (tertiary/aromatic N) is 2. The van der Waals surface area contributed by atoms with E-state index in [-0.39, 0.29) is 23.8 Å². The largest absolute Gasteiger partial charge is 0.342 e. The van der Waals surface area contributed by atoms with E-state index in [9.17, 15) is 9.59 Å². The molecule has 4 rings (SSSR count). The Labute approximate surface area is 171 Å². The first kappa shape index (κ1) is 18.8. The molecule has 2 amide bonds. The maximum Gasteiger partial charge on any atom is 0.262 e. The average molecular weight is 413 g/mol. The van der Waals surface area contributed by atoms with Crippen LogP contribution in [0.1, 0.15) is 46.0 Å². The molecule has 0 radical (unpaired) electrons. The van der Waals surface area contributed by atoms with Crippen molar-refractivity contribution in [2.45, 2.75) is 32.7 Å². The van der Waals surface area contributed by atoms with E-state index in [2.05, 4.69) is 20.6 Å². The number of carbonyl (C=O) groups is 2. The summed E-state index contributed by atoms with van der Waals surface area (Å²) in [6, 6.07) is 5.47. The monoisotopic (exact) mass is 412 g/mol. The van der Waals surface area contributed by atoms with Crippen LogP contribution >= 0.6 is 22.7 Å². The van der Waals surface area contributed by atoms with Crippen molar-refractivity contribution in [3.63, 3.8) is 0 Å². The van der Waals surface area contributed by atoms with Crippen molar-refractivity contribution in [3.8, 4) is 11.3 Å². The summed E-state index contributed by atoms with van der Waals surface area (Å²) in [5, 5.41) is 9.47. The number of hydrogen-bond donors (Lipinski definition) is 2. The van der Waals surface area contributed by atoms with E-state index >= 15 is 0 Å². The summed E-state index contributed by atoms with van der Waals surface area (Å²) in [5.41, 5.74) is 2.74. The number of thiophene rings is 1. The summed E-state index contributed by atoms with van der Waals surface area (Å²) in [6.45, 7) is 3.81. The minimum Gasteiger partial charge on any atom is -0.342 e. The molecule has 1 unspecified atom stereocenters. The maximum absolute atomic E-state index is 12.7. The van der Waals surface area contributed by atoms with E-state index in [0.29, 0.717) is 4.88 Å². The number of nitrogens with one attached hydrogen (secondary N) is 2. The quantitative estimate of drug-likeness (QED) is 0.628. The van der Waals surface area contributed by atoms with Gasteiger partial charge in [-0.1, -0.05) is 0 Å². The molecule has 6 nitrogen and oxygen atoms in total. The molecule has 144 valence electrons. The predicted octanol–water partition coefficient (Wildman–Crippen LogP) is 4.41. The number of amides is 2. The molecule has 1 fully saturated rings. The molecular weight excluding hydrogens is 392 g/mol. The number of anilines is 1. The van der Waals surface area contributed by atoms with Gasteiger partial charge < -0.3 is 10.6 Å². The van der Waals surface area contributed by atoms with E-state index in [4.69, 9.17) is 0 Å². The van der Waals surface area contributed by atoms with Gasteiger partial charge in [-0.05, 0) is 50.5 Å². The van der Waals surface area contributed by atoms with Crippen LogP contribution in [0.2, 0.25) is 0 Å². The van der Waals surface area contributed by atoms with Crippen LogP contribution in [-0.2, 0) is 4.79 Å². The number of rotatable bonds is 6. The van der Waals surface area contributed by atoms with Crippen LogP contribution in [-0.4, -0.2) is 21.8 Å². The van der Waals surface area contributed by atoms with E-state index in [1.165, 1.54) is 22.7 Å². The van der Waals surface area contributed by atoms with Gasteiger partial charge >= 0.3 is 0 Å². The SMILES string of the molecule is Cc1cc(NC(=O)C2CC2)sc1C(=O)NC(C)c1nc(-c2ccncc2)cs1. The topological polar surface area (TPSA) is 84.0 Å². The van der Waals surface area contributed by atoms with E-state index in [0.717, 1.165) is 39.7 Å². The fourth-order valence-corrected chi connectivity index (χ4v) is 4.62. The fraction of sp³-hybridized carbons (Fsp3) is 0.300. The van der Waals surface area contributed by atoms with Crippen LogP contribution in [0.25, 0.3) is 11.3 Å². The van der Waals surface area contributed by atoms with Crippen molar-refractivity contribution >= 4 is 39.5 Å². The zero-order valence-corrected chi connectivity index (χ0v) is 17.2. The number of carbonyl (C=O) groups excluding carboxylic acids is 2. The number of aromatic nitrogens is 2. The van der Waals surface area contributed by atoms with Gasteiger partial charge in [-0.15, -0.1) is 22.7 Å². The second-order valence-electron chi connectivity index (χ2n) is 6.89. The van der Waals surface area contributed by atoms with Crippen molar-refractivity contribution in [3.05, 3.63) is 51.4 Å². The highest BCUT2D eigenvalue weighted by atomic mass is 32.1. The van der Waals surface area contributed by atoms with Crippen LogP contribution in [0, 0.1) is 12.8 Å². The summed E-state index contributed by atoms with van der Waals surface area (Å²) >= 11 is 2.83. The summed E-state index contributed by atoms with van der Waals surface area (Å²) in [4.78, 5) is 33.9. The van der Waals surface area contributed by atoms with Crippen LogP contribution in [0.15, 0.2) is 36.0 Å². The summed E-state index contributed by atoms with van der Waals surface area (Å²) in [5.74, 6) is 0.0368. The first-order chi connectivity index (χ1) is 13.5. The van der Waals surface area contributed by atoms with E-state index in [1.54, 1.807) is 12.4 Å². The predicted molar refractivity (Wildman–Crippen MR) is 112 cm³/mol. The van der Waals surface area contributed by atoms with Crippen molar-refractivity contribution < 1.29 is 9.59 Å². The van der Waals surface area contributed by atoms with Crippen molar-refractivity contribution in [1.29, 1.82) is 0 Å². The lowest BCUT2D eigenvalue weighted by molar-refractivity contribution is -0.117. The van der Waals surface area contributed by atoms with Crippen molar-refractivity contribution in [1.82, 2.24) is 15.3 Å². The van der Waals surface area contributed by atoms with Crippen LogP contribution in [0.4, 0.5) is 5.00 Å². The van der Waals surface area contributed by atoms with Crippen LogP contribution in [0.5, 0.6) is 0 Å². The number of pyridine rings is 1. The normalized spacial score (nSPS) is 14.5. The molecular formula is C20H20N4O2S2. The van der Waals surface area contributed by atoms with Crippen LogP contribution in [0.3, 0.4) is 0 Å². The van der Waals surface area contributed by atoms with Gasteiger partial charge in [0, 0.05) is 29.3 Å². The molecule has 0 saturated heterocycles. The fourth-order valence-electron chi connectivity index (χ4n) is 2.80. The lowest BCUT2D eigenvalue weighted by atomic mass is 10.2. The molecule has 1 saturated carbocycles. The van der Waals surface area contributed by atoms with Gasteiger partial charge in [0.1, 0.15) is 5.01 Å². The highest BCUT2D eigenvalue weighted by Gasteiger charge is 2.30. The molecule has 1 atom stereocenters. The van der Waals surface area contributed by atoms with Gasteiger partial charge in [0.25, 0.3) is 5.91 Å². The maximum atomic E-state index is 12.7. The van der Waals surface area contributed by atoms with Gasteiger partial charge in [0.15, 0.2) is 0 Å². The number of hydrogen-bond acceptors (Lipinski definition) is 6. The smallest absolute Gasteiger partial charge is 0.262 e. The van der Waals surface area contributed by atoms with Gasteiger partial charge in [-0.25, -0.2) is 4.98 Å². The molecule has 0 spiro atoms. The third kappa shape index (κ3) is 4.13. The Morgan fingerprint density at radius 1 is 1.25 bits per heavy atom. The number of thiazole rings is 1. The second-order valence-corrected chi connectivity index (χ2v) is 8.83. The molecule has 0 aliphatic heterocycles. The molecule has 0 aromatic carbocycles. The first-order valence-electron chi connectivity index (χ1n) is 9.09. The van der Waals surface area contributed by atoms with Crippen LogP contribution < -0.4 is 10.6 Å². The molecule has 1 aliphatic rings. The van der Waals surface area contributed by atoms with Gasteiger partial charge in [0.05, 0.1) is 21.6 Å². The van der Waals surface area contributed by atoms with Gasteiger partial charge in [-0.3, -0.25) is 14.6 Å². The minimum atomic E-state index is -0.209. The molecule has 3 heterocycles. The summed E-state index contributed by atoms with van der Waals surface area (Å²) in [7, 11) is 0. The molecule has 3 aromatic rings. The highest BCUT2D eigenvalue weighted by Crippen LogP contribution is 2.33. The Bertz CT molecular complexity index is 1010. The van der Waals surface area contributed by atoms with Gasteiger partial charge in [0.2, 0.25) is 5.91 Å². The Morgan fingerprint density at radius 2 is 2.00 bits per heavy atom. The van der Waals surface area contributed by atoms with Gasteiger partial charge in [-0.2, -0.15) is 0 Å². The molecule has 8 heteroatoms. The lowest BCUT2D eigenvalue weighted by Gasteiger charge is -2.10. The third-order valence-electron chi connectivity index (χ3n) is 4.53. The standard InChI is InChI=1S/C20H20N4O2S2/c1-11-9-16(24-18(25)14-3-4-14)28-17(11)19(26)22-12(2)20-23-15(10-27-20)13-5-7-21-8-6-13/h5-10,12,14H,3-4H2,1-2H3,(H,22,26)(H,24,25). The minimum absolute atomic E-state index is 0.0491. The Morgan fingerprint density at radius 3 is 2.71 bits per heavy atom. The Balaban J connectivity index is 1.42. The van der Waals surface area contributed by atoms with Crippen molar-refractivity contribution in [2.24, 2.45) is 5.92 Å². The highest BCUT2D eigenvalue weighted by molar-refractivity contribution is 7.18.